The van der Waals surface area contributed by atoms with E-state index in [2.05, 4.69) is 39.3 Å². The van der Waals surface area contributed by atoms with Crippen LogP contribution in [0.1, 0.15) is 25.3 Å². The molecule has 1 aliphatic rings. The van der Waals surface area contributed by atoms with Crippen molar-refractivity contribution in [2.24, 2.45) is 0 Å². The van der Waals surface area contributed by atoms with E-state index in [9.17, 15) is 4.79 Å². The van der Waals surface area contributed by atoms with Gasteiger partial charge in [0.25, 0.3) is 0 Å². The van der Waals surface area contributed by atoms with E-state index >= 15 is 0 Å². The number of rotatable bonds is 4. The van der Waals surface area contributed by atoms with Gasteiger partial charge >= 0.3 is 0 Å². The van der Waals surface area contributed by atoms with Crippen LogP contribution in [0, 0.1) is 0 Å². The molecule has 6 nitrogen and oxygen atoms in total. The lowest BCUT2D eigenvalue weighted by Gasteiger charge is -2.29. The van der Waals surface area contributed by atoms with Gasteiger partial charge in [-0.2, -0.15) is 0 Å². The zero-order chi connectivity index (χ0) is 21.5. The minimum atomic E-state index is 0.537. The maximum atomic E-state index is 10.1. The molecule has 0 aliphatic carbocycles. The molecule has 4 rings (SSSR count). The summed E-state index contributed by atoms with van der Waals surface area (Å²) in [7, 11) is 0. The second-order valence-electron chi connectivity index (χ2n) is 7.26. The fourth-order valence-electron chi connectivity index (χ4n) is 3.24. The maximum absolute atomic E-state index is 10.1. The summed E-state index contributed by atoms with van der Waals surface area (Å²) in [5, 5.41) is 8.00. The summed E-state index contributed by atoms with van der Waals surface area (Å²) in [4.78, 5) is 20.9. The lowest BCUT2D eigenvalue weighted by molar-refractivity contribution is -0.105. The van der Waals surface area contributed by atoms with Crippen LogP contribution in [0.15, 0.2) is 42.7 Å². The van der Waals surface area contributed by atoms with Crippen LogP contribution in [0.25, 0.3) is 10.9 Å². The van der Waals surface area contributed by atoms with E-state index in [0.29, 0.717) is 22.4 Å². The van der Waals surface area contributed by atoms with Crippen LogP contribution in [-0.4, -0.2) is 42.6 Å². The number of fused-ring (bicyclic) bond motifs is 1. The van der Waals surface area contributed by atoms with Gasteiger partial charge in [-0.25, -0.2) is 9.97 Å². The molecule has 0 bridgehead atoms. The van der Waals surface area contributed by atoms with Crippen molar-refractivity contribution >= 4 is 52.0 Å². The smallest absolute Gasteiger partial charge is 0.211 e. The predicted molar refractivity (Wildman–Crippen MR) is 125 cm³/mol. The number of aromatic nitrogens is 2. The summed E-state index contributed by atoms with van der Waals surface area (Å²) in [5.41, 5.74) is 2.88. The lowest BCUT2D eigenvalue weighted by Crippen LogP contribution is -2.44. The number of nitrogens with one attached hydrogen (secondary N) is 2. The molecule has 2 heterocycles. The second-order valence-corrected chi connectivity index (χ2v) is 8.10. The minimum Gasteiger partial charge on any atom is -0.353 e. The molecule has 158 valence electrons. The summed E-state index contributed by atoms with van der Waals surface area (Å²) < 4.78 is 0. The van der Waals surface area contributed by atoms with Crippen molar-refractivity contribution in [1.82, 2.24) is 15.3 Å². The Morgan fingerprint density at radius 3 is 2.43 bits per heavy atom. The third kappa shape index (κ3) is 5.59. The molecule has 0 atom stereocenters. The molecule has 1 aromatic heterocycles. The Bertz CT molecular complexity index is 989. The molecule has 1 saturated heterocycles. The number of halogens is 2. The van der Waals surface area contributed by atoms with E-state index < -0.39 is 0 Å². The minimum absolute atomic E-state index is 0.537. The third-order valence-electron chi connectivity index (χ3n) is 4.86. The number of anilines is 2. The number of piperazine rings is 1. The van der Waals surface area contributed by atoms with E-state index in [1.807, 2.05) is 30.3 Å². The number of benzene rings is 2. The summed E-state index contributed by atoms with van der Waals surface area (Å²) in [6.45, 7) is 8.05. The quantitative estimate of drug-likeness (QED) is 0.568. The summed E-state index contributed by atoms with van der Waals surface area (Å²) >= 11 is 12.2. The van der Waals surface area contributed by atoms with Gasteiger partial charge in [-0.15, -0.1) is 0 Å². The molecule has 0 saturated carbocycles. The zero-order valence-corrected chi connectivity index (χ0v) is 18.5. The van der Waals surface area contributed by atoms with Crippen molar-refractivity contribution in [3.05, 3.63) is 58.3 Å². The summed E-state index contributed by atoms with van der Waals surface area (Å²) in [6.07, 6.45) is 2.24. The van der Waals surface area contributed by atoms with E-state index in [1.54, 1.807) is 12.4 Å². The first-order valence-electron chi connectivity index (χ1n) is 9.85. The van der Waals surface area contributed by atoms with E-state index in [1.165, 1.54) is 5.56 Å². The first kappa shape index (κ1) is 22.3. The van der Waals surface area contributed by atoms with Crippen molar-refractivity contribution in [2.45, 2.75) is 19.8 Å². The van der Waals surface area contributed by atoms with E-state index in [0.717, 1.165) is 48.6 Å². The number of carbonyl (C=O) groups is 1. The van der Waals surface area contributed by atoms with Gasteiger partial charge in [0.2, 0.25) is 6.41 Å². The highest BCUT2D eigenvalue weighted by molar-refractivity contribution is 6.38. The highest BCUT2D eigenvalue weighted by atomic mass is 35.5. The zero-order valence-electron chi connectivity index (χ0n) is 17.0. The average Bonchev–Trinajstić information content (AvgIpc) is 2.75. The van der Waals surface area contributed by atoms with Gasteiger partial charge in [0.1, 0.15) is 12.1 Å². The van der Waals surface area contributed by atoms with Crippen LogP contribution >= 0.6 is 23.2 Å². The number of amides is 1. The molecule has 2 aromatic carbocycles. The van der Waals surface area contributed by atoms with Gasteiger partial charge in [0.15, 0.2) is 0 Å². The highest BCUT2D eigenvalue weighted by Gasteiger charge is 2.16. The largest absolute Gasteiger partial charge is 0.353 e. The fraction of sp³-hybridized carbons (Fsp3) is 0.318. The van der Waals surface area contributed by atoms with Crippen molar-refractivity contribution in [1.29, 1.82) is 0 Å². The average molecular weight is 446 g/mol. The van der Waals surface area contributed by atoms with Crippen molar-refractivity contribution in [3.8, 4) is 0 Å². The number of nitrogens with zero attached hydrogens (tertiary/aromatic N) is 3. The van der Waals surface area contributed by atoms with Crippen LogP contribution in [0.3, 0.4) is 0 Å². The van der Waals surface area contributed by atoms with Crippen molar-refractivity contribution in [2.75, 3.05) is 36.4 Å². The first-order chi connectivity index (χ1) is 14.5. The standard InChI is InChI=1S/C12H12Cl2N4.C10H13NO/c13-8-5-9-11(10(14)6-8)16-7-17-12(9)18-3-1-15-2-4-18;1-8(2)9-3-5-10(6-4-9)11-7-12/h5-7,15H,1-4H2;3-8H,1-2H3,(H,11,12). The second kappa shape index (κ2) is 10.6. The molecule has 0 unspecified atom stereocenters. The van der Waals surface area contributed by atoms with Crippen LogP contribution in [0.4, 0.5) is 11.5 Å². The topological polar surface area (TPSA) is 70.2 Å². The van der Waals surface area contributed by atoms with Crippen molar-refractivity contribution < 1.29 is 4.79 Å². The summed E-state index contributed by atoms with van der Waals surface area (Å²) in [6, 6.07) is 11.4. The van der Waals surface area contributed by atoms with E-state index in [4.69, 9.17) is 23.2 Å². The van der Waals surface area contributed by atoms with Crippen molar-refractivity contribution in [3.63, 3.8) is 0 Å². The third-order valence-corrected chi connectivity index (χ3v) is 5.36. The molecule has 1 amide bonds. The Labute approximate surface area is 186 Å². The SMILES string of the molecule is CC(C)c1ccc(NC=O)cc1.Clc1cc(Cl)c2ncnc(N3CCNCC3)c2c1. The molecule has 3 aromatic rings. The normalized spacial score (nSPS) is 13.7. The number of carbonyl (C=O) groups excluding carboxylic acids is 1. The van der Waals surface area contributed by atoms with Gasteiger partial charge in [0, 0.05) is 42.3 Å². The number of hydrogen-bond acceptors (Lipinski definition) is 5. The Kier molecular flexibility index (Phi) is 7.85. The van der Waals surface area contributed by atoms with Crippen LogP contribution < -0.4 is 15.5 Å². The Morgan fingerprint density at radius 1 is 1.10 bits per heavy atom. The van der Waals surface area contributed by atoms with Crippen LogP contribution in [0.2, 0.25) is 10.0 Å². The van der Waals surface area contributed by atoms with Gasteiger partial charge in [0.05, 0.1) is 10.5 Å². The summed E-state index contributed by atoms with van der Waals surface area (Å²) in [5.74, 6) is 1.45. The first-order valence-corrected chi connectivity index (χ1v) is 10.6. The number of hydrogen-bond donors (Lipinski definition) is 2. The molecular formula is C22H25Cl2N5O. The molecule has 1 aliphatic heterocycles. The Balaban J connectivity index is 0.000000187. The maximum Gasteiger partial charge on any atom is 0.211 e. The monoisotopic (exact) mass is 445 g/mol. The van der Waals surface area contributed by atoms with Crippen LogP contribution in [0.5, 0.6) is 0 Å². The van der Waals surface area contributed by atoms with Gasteiger partial charge in [-0.3, -0.25) is 4.79 Å². The lowest BCUT2D eigenvalue weighted by atomic mass is 10.0. The van der Waals surface area contributed by atoms with Gasteiger partial charge in [-0.05, 0) is 35.7 Å². The fourth-order valence-corrected chi connectivity index (χ4v) is 3.78. The van der Waals surface area contributed by atoms with E-state index in [-0.39, 0.29) is 0 Å². The predicted octanol–water partition coefficient (Wildman–Crippen LogP) is 4.72. The van der Waals surface area contributed by atoms with Crippen LogP contribution in [-0.2, 0) is 4.79 Å². The van der Waals surface area contributed by atoms with Gasteiger partial charge < -0.3 is 15.5 Å². The van der Waals surface area contributed by atoms with Gasteiger partial charge in [-0.1, -0.05) is 49.2 Å². The molecule has 2 N–H and O–H groups in total. The molecular weight excluding hydrogens is 421 g/mol. The molecule has 0 spiro atoms. The molecule has 8 heteroatoms. The Morgan fingerprint density at radius 2 is 1.80 bits per heavy atom. The molecule has 30 heavy (non-hydrogen) atoms. The Hall–Kier alpha value is -2.41. The molecule has 1 fully saturated rings. The molecule has 0 radical (unpaired) electrons. The highest BCUT2D eigenvalue weighted by Crippen LogP contribution is 2.31.